The predicted molar refractivity (Wildman–Crippen MR) is 161 cm³/mol. The summed E-state index contributed by atoms with van der Waals surface area (Å²) in [4.78, 5) is 24.8. The van der Waals surface area contributed by atoms with Crippen molar-refractivity contribution >= 4 is 33.4 Å². The van der Waals surface area contributed by atoms with E-state index in [0.29, 0.717) is 22.6 Å². The van der Waals surface area contributed by atoms with Gasteiger partial charge in [-0.2, -0.15) is 5.10 Å². The lowest BCUT2D eigenvalue weighted by Gasteiger charge is -2.08. The van der Waals surface area contributed by atoms with E-state index in [-0.39, 0.29) is 11.7 Å². The second-order valence-corrected chi connectivity index (χ2v) is 9.83. The molecule has 0 aliphatic carbocycles. The first-order valence-corrected chi connectivity index (χ1v) is 13.2. The number of methoxy groups -OCH3 is 1. The second-order valence-electron chi connectivity index (χ2n) is 9.83. The number of anilines is 1. The quantitative estimate of drug-likeness (QED) is 0.201. The number of ether oxygens (including phenoxy) is 1. The van der Waals surface area contributed by atoms with Crippen molar-refractivity contribution in [2.45, 2.75) is 0 Å². The zero-order valence-electron chi connectivity index (χ0n) is 22.4. The van der Waals surface area contributed by atoms with Crippen LogP contribution in [0.2, 0.25) is 0 Å². The number of fused-ring (bicyclic) bond motifs is 2. The fraction of sp³-hybridized carbons (Fsp3) is 0.0303. The van der Waals surface area contributed by atoms with Gasteiger partial charge in [0.1, 0.15) is 17.3 Å². The number of halogens is 1. The molecule has 0 aliphatic rings. The summed E-state index contributed by atoms with van der Waals surface area (Å²) in [6.07, 6.45) is 6.83. The Labute approximate surface area is 239 Å². The Morgan fingerprint density at radius 2 is 1.67 bits per heavy atom. The average Bonchev–Trinajstić information content (AvgIpc) is 3.65. The van der Waals surface area contributed by atoms with Crippen molar-refractivity contribution < 1.29 is 13.9 Å². The van der Waals surface area contributed by atoms with Crippen LogP contribution in [-0.4, -0.2) is 38.2 Å². The molecule has 0 aliphatic heterocycles. The number of carbonyl (C=O) groups is 1. The number of H-pyrrole nitrogens is 2. The number of aromatic amines is 2. The molecule has 204 valence electrons. The molecule has 4 heterocycles. The molecule has 0 radical (unpaired) electrons. The lowest BCUT2D eigenvalue weighted by molar-refractivity contribution is 0.102. The minimum absolute atomic E-state index is 0.202. The van der Waals surface area contributed by atoms with E-state index in [1.807, 2.05) is 48.5 Å². The van der Waals surface area contributed by atoms with Gasteiger partial charge in [0.15, 0.2) is 0 Å². The SMILES string of the molecule is COc1cc(F)cc(-c2cncc3[nH]c(-c4n[nH]c5ccc(-c6cncc(NC(=O)c7ccccc7)c6)cc45)cc23)c1. The van der Waals surface area contributed by atoms with Crippen LogP contribution in [0.4, 0.5) is 10.1 Å². The number of rotatable bonds is 6. The van der Waals surface area contributed by atoms with Gasteiger partial charge in [-0.3, -0.25) is 19.9 Å². The van der Waals surface area contributed by atoms with Crippen LogP contribution in [-0.2, 0) is 0 Å². The van der Waals surface area contributed by atoms with Crippen molar-refractivity contribution in [3.05, 3.63) is 115 Å². The van der Waals surface area contributed by atoms with E-state index < -0.39 is 0 Å². The van der Waals surface area contributed by atoms with Gasteiger partial charge in [0.25, 0.3) is 5.91 Å². The van der Waals surface area contributed by atoms with E-state index in [1.165, 1.54) is 19.2 Å². The molecule has 0 unspecified atom stereocenters. The largest absolute Gasteiger partial charge is 0.497 e. The fourth-order valence-corrected chi connectivity index (χ4v) is 5.10. The maximum absolute atomic E-state index is 14.3. The summed E-state index contributed by atoms with van der Waals surface area (Å²) in [5.41, 5.74) is 7.53. The van der Waals surface area contributed by atoms with Gasteiger partial charge < -0.3 is 15.0 Å². The Kier molecular flexibility index (Phi) is 6.16. The molecule has 8 nitrogen and oxygen atoms in total. The summed E-state index contributed by atoms with van der Waals surface area (Å²) >= 11 is 0. The molecule has 9 heteroatoms. The van der Waals surface area contributed by atoms with Crippen LogP contribution in [0.5, 0.6) is 5.75 Å². The minimum atomic E-state index is -0.388. The molecule has 0 bridgehead atoms. The van der Waals surface area contributed by atoms with Gasteiger partial charge in [-0.1, -0.05) is 24.3 Å². The van der Waals surface area contributed by atoms with Crippen LogP contribution < -0.4 is 10.1 Å². The van der Waals surface area contributed by atoms with Gasteiger partial charge >= 0.3 is 0 Å². The zero-order chi connectivity index (χ0) is 28.6. The van der Waals surface area contributed by atoms with E-state index in [0.717, 1.165) is 49.9 Å². The summed E-state index contributed by atoms with van der Waals surface area (Å²) in [6.45, 7) is 0. The van der Waals surface area contributed by atoms with Crippen LogP contribution in [0.25, 0.3) is 55.4 Å². The number of nitrogens with zero attached hydrogens (tertiary/aromatic N) is 3. The lowest BCUT2D eigenvalue weighted by atomic mass is 10.0. The van der Waals surface area contributed by atoms with Gasteiger partial charge in [0.05, 0.1) is 41.9 Å². The summed E-state index contributed by atoms with van der Waals surface area (Å²) in [6, 6.07) is 23.5. The number of hydrogen-bond acceptors (Lipinski definition) is 5. The number of amides is 1. The molecule has 3 aromatic carbocycles. The molecule has 0 spiro atoms. The smallest absolute Gasteiger partial charge is 0.255 e. The van der Waals surface area contributed by atoms with E-state index in [1.54, 1.807) is 43.0 Å². The number of carbonyl (C=O) groups excluding carboxylic acids is 1. The van der Waals surface area contributed by atoms with Crippen LogP contribution in [0.1, 0.15) is 10.4 Å². The first-order chi connectivity index (χ1) is 20.6. The van der Waals surface area contributed by atoms with E-state index >= 15 is 0 Å². The van der Waals surface area contributed by atoms with Crippen LogP contribution in [0.15, 0.2) is 104 Å². The van der Waals surface area contributed by atoms with Crippen molar-refractivity contribution in [2.24, 2.45) is 0 Å². The van der Waals surface area contributed by atoms with Crippen molar-refractivity contribution in [1.29, 1.82) is 0 Å². The molecule has 0 fully saturated rings. The number of nitrogens with one attached hydrogen (secondary N) is 3. The van der Waals surface area contributed by atoms with Gasteiger partial charge in [-0.05, 0) is 59.7 Å². The highest BCUT2D eigenvalue weighted by atomic mass is 19.1. The van der Waals surface area contributed by atoms with Crippen molar-refractivity contribution in [3.8, 4) is 39.4 Å². The molecule has 0 saturated carbocycles. The topological polar surface area (TPSA) is 109 Å². The Morgan fingerprint density at radius 3 is 2.52 bits per heavy atom. The highest BCUT2D eigenvalue weighted by molar-refractivity contribution is 6.05. The minimum Gasteiger partial charge on any atom is -0.497 e. The van der Waals surface area contributed by atoms with Gasteiger partial charge in [-0.25, -0.2) is 4.39 Å². The van der Waals surface area contributed by atoms with Gasteiger partial charge in [0, 0.05) is 45.9 Å². The predicted octanol–water partition coefficient (Wildman–Crippen LogP) is 7.24. The third-order valence-electron chi connectivity index (χ3n) is 7.15. The van der Waals surface area contributed by atoms with Crippen LogP contribution >= 0.6 is 0 Å². The number of pyridine rings is 2. The molecule has 7 rings (SSSR count). The molecule has 7 aromatic rings. The molecule has 4 aromatic heterocycles. The molecular weight excluding hydrogens is 531 g/mol. The normalized spacial score (nSPS) is 11.2. The lowest BCUT2D eigenvalue weighted by Crippen LogP contribution is -2.11. The number of benzene rings is 3. The van der Waals surface area contributed by atoms with Gasteiger partial charge in [-0.15, -0.1) is 0 Å². The second kappa shape index (κ2) is 10.3. The molecule has 3 N–H and O–H groups in total. The van der Waals surface area contributed by atoms with Crippen LogP contribution in [0.3, 0.4) is 0 Å². The van der Waals surface area contributed by atoms with Crippen molar-refractivity contribution in [3.63, 3.8) is 0 Å². The number of aromatic nitrogens is 5. The Morgan fingerprint density at radius 1 is 0.810 bits per heavy atom. The Hall–Kier alpha value is -5.83. The monoisotopic (exact) mass is 554 g/mol. The highest BCUT2D eigenvalue weighted by Crippen LogP contribution is 2.36. The van der Waals surface area contributed by atoms with E-state index in [4.69, 9.17) is 4.74 Å². The Bertz CT molecular complexity index is 2100. The maximum Gasteiger partial charge on any atom is 0.255 e. The highest BCUT2D eigenvalue weighted by Gasteiger charge is 2.16. The first kappa shape index (κ1) is 25.2. The van der Waals surface area contributed by atoms with Crippen molar-refractivity contribution in [2.75, 3.05) is 12.4 Å². The molecule has 0 saturated heterocycles. The van der Waals surface area contributed by atoms with E-state index in [9.17, 15) is 9.18 Å². The van der Waals surface area contributed by atoms with Crippen LogP contribution in [0, 0.1) is 5.82 Å². The summed E-state index contributed by atoms with van der Waals surface area (Å²) in [5.74, 6) is -0.158. The fourth-order valence-electron chi connectivity index (χ4n) is 5.10. The summed E-state index contributed by atoms with van der Waals surface area (Å²) in [7, 11) is 1.51. The summed E-state index contributed by atoms with van der Waals surface area (Å²) < 4.78 is 19.6. The third-order valence-corrected chi connectivity index (χ3v) is 7.15. The molecular formula is C33H23FN6O2. The van der Waals surface area contributed by atoms with E-state index in [2.05, 4.69) is 30.5 Å². The standard InChI is InChI=1S/C33H23FN6O2/c1-42-25-11-21(9-23(34)13-25)28-17-36-18-31-26(28)14-30(38-31)32-27-12-20(7-8-29(27)39-40-32)22-10-24(16-35-15-22)37-33(41)19-5-3-2-4-6-19/h2-18,38H,1H3,(H,37,41)(H,39,40). The zero-order valence-corrected chi connectivity index (χ0v) is 22.4. The van der Waals surface area contributed by atoms with Gasteiger partial charge in [0.2, 0.25) is 0 Å². The molecule has 0 atom stereocenters. The third kappa shape index (κ3) is 4.62. The summed E-state index contributed by atoms with van der Waals surface area (Å²) in [5, 5.41) is 12.4. The number of hydrogen-bond donors (Lipinski definition) is 3. The first-order valence-electron chi connectivity index (χ1n) is 13.2. The Balaban J connectivity index is 1.25. The molecule has 42 heavy (non-hydrogen) atoms. The van der Waals surface area contributed by atoms with Crippen molar-refractivity contribution in [1.82, 2.24) is 25.1 Å². The molecule has 1 amide bonds. The maximum atomic E-state index is 14.3. The average molecular weight is 555 g/mol.